The monoisotopic (exact) mass is 532 g/mol. The maximum atomic E-state index is 13.6. The molecular weight excluding hydrogens is 504 g/mol. The van der Waals surface area contributed by atoms with Crippen molar-refractivity contribution < 1.29 is 17.9 Å². The third-order valence-electron chi connectivity index (χ3n) is 6.13. The van der Waals surface area contributed by atoms with Crippen molar-refractivity contribution in [3.8, 4) is 5.75 Å². The summed E-state index contributed by atoms with van der Waals surface area (Å²) in [5, 5.41) is 2.64. The molecule has 9 heteroatoms. The molecule has 0 saturated carbocycles. The zero-order valence-corrected chi connectivity index (χ0v) is 22.4. The van der Waals surface area contributed by atoms with Crippen LogP contribution in [0.2, 0.25) is 5.02 Å². The molecule has 2 aromatic carbocycles. The second-order valence-electron chi connectivity index (χ2n) is 8.87. The molecule has 0 bridgehead atoms. The number of rotatable bonds is 8. The lowest BCUT2D eigenvalue weighted by Gasteiger charge is -2.37. The molecule has 0 fully saturated rings. The van der Waals surface area contributed by atoms with Crippen molar-refractivity contribution in [2.24, 2.45) is 0 Å². The van der Waals surface area contributed by atoms with Crippen molar-refractivity contribution in [3.63, 3.8) is 0 Å². The maximum Gasteiger partial charge on any atom is 0.243 e. The molecule has 0 spiro atoms. The minimum atomic E-state index is -3.83. The highest BCUT2D eigenvalue weighted by molar-refractivity contribution is 7.89. The number of hydrogen-bond acceptors (Lipinski definition) is 5. The van der Waals surface area contributed by atoms with Crippen LogP contribution in [0.4, 0.5) is 0 Å². The van der Waals surface area contributed by atoms with Gasteiger partial charge >= 0.3 is 0 Å². The van der Waals surface area contributed by atoms with Gasteiger partial charge in [0.2, 0.25) is 15.9 Å². The summed E-state index contributed by atoms with van der Waals surface area (Å²) in [6.45, 7) is 6.02. The van der Waals surface area contributed by atoms with E-state index in [9.17, 15) is 13.2 Å². The van der Waals surface area contributed by atoms with E-state index in [1.807, 2.05) is 18.4 Å². The highest BCUT2D eigenvalue weighted by atomic mass is 35.5. The van der Waals surface area contributed by atoms with Crippen LogP contribution in [0.1, 0.15) is 35.9 Å². The average Bonchev–Trinajstić information content (AvgIpc) is 3.31. The fraction of sp³-hybridized carbons (Fsp3) is 0.346. The van der Waals surface area contributed by atoms with Crippen LogP contribution in [0.5, 0.6) is 5.75 Å². The largest absolute Gasteiger partial charge is 0.491 e. The van der Waals surface area contributed by atoms with Crippen LogP contribution in [0.15, 0.2) is 64.9 Å². The minimum absolute atomic E-state index is 0.186. The first-order chi connectivity index (χ1) is 16.7. The van der Waals surface area contributed by atoms with E-state index in [0.29, 0.717) is 17.3 Å². The van der Waals surface area contributed by atoms with Gasteiger partial charge in [0, 0.05) is 22.5 Å². The van der Waals surface area contributed by atoms with Crippen molar-refractivity contribution in [3.05, 3.63) is 81.0 Å². The van der Waals surface area contributed by atoms with Gasteiger partial charge in [-0.05, 0) is 80.6 Å². The molecule has 1 unspecified atom stereocenters. The van der Waals surface area contributed by atoms with Crippen molar-refractivity contribution >= 4 is 38.9 Å². The smallest absolute Gasteiger partial charge is 0.243 e. The van der Waals surface area contributed by atoms with Gasteiger partial charge in [-0.25, -0.2) is 8.42 Å². The summed E-state index contributed by atoms with van der Waals surface area (Å²) in [6.07, 6.45) is 0.739. The zero-order chi connectivity index (χ0) is 25.2. The molecule has 0 radical (unpaired) electrons. The normalized spacial score (nSPS) is 15.9. The molecular formula is C26H29ClN2O4S2. The van der Waals surface area contributed by atoms with Crippen LogP contribution in [-0.2, 0) is 21.2 Å². The quantitative estimate of drug-likeness (QED) is 0.394. The number of fused-ring (bicyclic) bond motifs is 1. The molecule has 3 aromatic rings. The Balaban J connectivity index is 1.56. The Bertz CT molecular complexity index is 1270. The fourth-order valence-electron chi connectivity index (χ4n) is 4.20. The molecule has 186 valence electrons. The van der Waals surface area contributed by atoms with E-state index < -0.39 is 10.0 Å². The van der Waals surface area contributed by atoms with Crippen molar-refractivity contribution in [2.75, 3.05) is 19.7 Å². The number of amides is 1. The van der Waals surface area contributed by atoms with Gasteiger partial charge in [-0.1, -0.05) is 29.3 Å². The highest BCUT2D eigenvalue weighted by Gasteiger charge is 2.36. The first kappa shape index (κ1) is 25.7. The lowest BCUT2D eigenvalue weighted by molar-refractivity contribution is -0.135. The Kier molecular flexibility index (Phi) is 7.86. The molecule has 1 aromatic heterocycles. The van der Waals surface area contributed by atoms with Crippen molar-refractivity contribution in [1.82, 2.24) is 9.21 Å². The summed E-state index contributed by atoms with van der Waals surface area (Å²) >= 11 is 7.65. The second-order valence-corrected chi connectivity index (χ2v) is 12.2. The van der Waals surface area contributed by atoms with Gasteiger partial charge in [0.25, 0.3) is 0 Å². The molecule has 4 rings (SSSR count). The van der Waals surface area contributed by atoms with Crippen LogP contribution in [0.3, 0.4) is 0 Å². The minimum Gasteiger partial charge on any atom is -0.491 e. The summed E-state index contributed by atoms with van der Waals surface area (Å²) in [5.41, 5.74) is 2.03. The van der Waals surface area contributed by atoms with Crippen LogP contribution in [0.25, 0.3) is 0 Å². The Morgan fingerprint density at radius 2 is 1.83 bits per heavy atom. The number of carbonyl (C=O) groups is 1. The lowest BCUT2D eigenvalue weighted by Crippen LogP contribution is -2.49. The zero-order valence-electron chi connectivity index (χ0n) is 20.0. The van der Waals surface area contributed by atoms with E-state index in [4.69, 9.17) is 16.3 Å². The standard InChI is InChI=1S/C26H29ClN2O4S2/c1-18(2)29(35(31,32)22-10-4-19(3)5-11-22)16-26(30)28-14-12-25-23(13-15-34-25)24(28)17-33-21-8-6-20(27)7-9-21/h4-11,13,15,18,24H,12,14,16-17H2,1-3H3. The van der Waals surface area contributed by atoms with Gasteiger partial charge in [0.05, 0.1) is 17.5 Å². The number of benzene rings is 2. The molecule has 1 amide bonds. The Morgan fingerprint density at radius 3 is 2.49 bits per heavy atom. The fourth-order valence-corrected chi connectivity index (χ4v) is 6.84. The van der Waals surface area contributed by atoms with Gasteiger partial charge in [-0.3, -0.25) is 4.79 Å². The number of halogens is 1. The molecule has 0 saturated heterocycles. The summed E-state index contributed by atoms with van der Waals surface area (Å²) < 4.78 is 34.1. The lowest BCUT2D eigenvalue weighted by atomic mass is 10.0. The van der Waals surface area contributed by atoms with Gasteiger partial charge < -0.3 is 9.64 Å². The average molecular weight is 533 g/mol. The maximum absolute atomic E-state index is 13.6. The number of aryl methyl sites for hydroxylation is 1. The van der Waals surface area contributed by atoms with E-state index in [0.717, 1.165) is 17.5 Å². The molecule has 2 heterocycles. The van der Waals surface area contributed by atoms with E-state index in [2.05, 4.69) is 0 Å². The van der Waals surface area contributed by atoms with E-state index in [1.165, 1.54) is 9.18 Å². The molecule has 1 aliphatic rings. The summed E-state index contributed by atoms with van der Waals surface area (Å²) in [6, 6.07) is 15.2. The first-order valence-electron chi connectivity index (χ1n) is 11.5. The number of thiophene rings is 1. The molecule has 35 heavy (non-hydrogen) atoms. The van der Waals surface area contributed by atoms with Crippen LogP contribution in [0, 0.1) is 6.92 Å². The molecule has 6 nitrogen and oxygen atoms in total. The highest BCUT2D eigenvalue weighted by Crippen LogP contribution is 2.34. The van der Waals surface area contributed by atoms with E-state index in [-0.39, 0.29) is 36.0 Å². The SMILES string of the molecule is Cc1ccc(S(=O)(=O)N(CC(=O)N2CCc3sccc3C2COc2ccc(Cl)cc2)C(C)C)cc1. The first-order valence-corrected chi connectivity index (χ1v) is 14.2. The summed E-state index contributed by atoms with van der Waals surface area (Å²) in [4.78, 5) is 16.8. The third-order valence-corrected chi connectivity index (χ3v) is 9.42. The number of ether oxygens (including phenoxy) is 1. The molecule has 0 N–H and O–H groups in total. The predicted octanol–water partition coefficient (Wildman–Crippen LogP) is 5.31. The molecule has 0 aliphatic carbocycles. The van der Waals surface area contributed by atoms with Gasteiger partial charge in [-0.2, -0.15) is 4.31 Å². The molecule has 1 aliphatic heterocycles. The van der Waals surface area contributed by atoms with Crippen LogP contribution < -0.4 is 4.74 Å². The number of sulfonamides is 1. The Labute approximate surface area is 216 Å². The third kappa shape index (κ3) is 5.72. The summed E-state index contributed by atoms with van der Waals surface area (Å²) in [5.74, 6) is 0.422. The Hall–Kier alpha value is -2.39. The van der Waals surface area contributed by atoms with Crippen molar-refractivity contribution in [1.29, 1.82) is 0 Å². The van der Waals surface area contributed by atoms with Gasteiger partial charge in [-0.15, -0.1) is 11.3 Å². The predicted molar refractivity (Wildman–Crippen MR) is 140 cm³/mol. The number of hydrogen-bond donors (Lipinski definition) is 0. The van der Waals surface area contributed by atoms with E-state index in [1.54, 1.807) is 78.6 Å². The van der Waals surface area contributed by atoms with Crippen LogP contribution in [-0.4, -0.2) is 49.3 Å². The van der Waals surface area contributed by atoms with Gasteiger partial charge in [0.1, 0.15) is 12.4 Å². The Morgan fingerprint density at radius 1 is 1.14 bits per heavy atom. The second kappa shape index (κ2) is 10.7. The van der Waals surface area contributed by atoms with Crippen molar-refractivity contribution in [2.45, 2.75) is 44.2 Å². The van der Waals surface area contributed by atoms with Crippen LogP contribution >= 0.6 is 22.9 Å². The molecule has 1 atom stereocenters. The topological polar surface area (TPSA) is 66.9 Å². The number of nitrogens with zero attached hydrogens (tertiary/aromatic N) is 2. The van der Waals surface area contributed by atoms with Gasteiger partial charge in [0.15, 0.2) is 0 Å². The van der Waals surface area contributed by atoms with E-state index >= 15 is 0 Å². The summed E-state index contributed by atoms with van der Waals surface area (Å²) in [7, 11) is -3.83. The number of carbonyl (C=O) groups excluding carboxylic acids is 1.